The van der Waals surface area contributed by atoms with Crippen LogP contribution in [0.2, 0.25) is 0 Å². The number of benzene rings is 1. The van der Waals surface area contributed by atoms with Gasteiger partial charge in [-0.25, -0.2) is 4.39 Å². The average molecular weight is 404 g/mol. The molecule has 3 heterocycles. The van der Waals surface area contributed by atoms with Crippen molar-refractivity contribution in [1.29, 1.82) is 0 Å². The molecule has 0 spiro atoms. The number of amides is 1. The van der Waals surface area contributed by atoms with Gasteiger partial charge in [0.2, 0.25) is 5.91 Å². The SMILES string of the molecule is O=C(CO)N1CCN(c2ccc(C3=NOC(COc4ccon4)C3)cc2F)CC1. The largest absolute Gasteiger partial charge is 0.471 e. The second kappa shape index (κ2) is 8.48. The number of aromatic nitrogens is 1. The average Bonchev–Trinajstić information content (AvgIpc) is 3.44. The van der Waals surface area contributed by atoms with Crippen LogP contribution in [0.4, 0.5) is 10.1 Å². The summed E-state index contributed by atoms with van der Waals surface area (Å²) in [6, 6.07) is 6.58. The minimum atomic E-state index is -0.502. The van der Waals surface area contributed by atoms with E-state index in [1.807, 2.05) is 11.0 Å². The fourth-order valence-electron chi connectivity index (χ4n) is 3.38. The molecule has 2 aliphatic rings. The number of carbonyl (C=O) groups excluding carboxylic acids is 1. The quantitative estimate of drug-likeness (QED) is 0.767. The minimum absolute atomic E-state index is 0.261. The van der Waals surface area contributed by atoms with Gasteiger partial charge in [0, 0.05) is 44.2 Å². The van der Waals surface area contributed by atoms with E-state index in [2.05, 4.69) is 10.3 Å². The van der Waals surface area contributed by atoms with Crippen LogP contribution in [0.5, 0.6) is 5.88 Å². The molecule has 154 valence electrons. The highest BCUT2D eigenvalue weighted by atomic mass is 19.1. The number of rotatable bonds is 6. The maximum atomic E-state index is 14.7. The van der Waals surface area contributed by atoms with Crippen LogP contribution in [0.1, 0.15) is 12.0 Å². The second-order valence-electron chi connectivity index (χ2n) is 6.81. The number of hydrogen-bond acceptors (Lipinski definition) is 8. The number of aliphatic hydroxyl groups excluding tert-OH is 1. The normalized spacial score (nSPS) is 19.1. The second-order valence-corrected chi connectivity index (χ2v) is 6.81. The van der Waals surface area contributed by atoms with Gasteiger partial charge in [0.05, 0.1) is 11.4 Å². The van der Waals surface area contributed by atoms with Crippen molar-refractivity contribution in [3.05, 3.63) is 41.9 Å². The van der Waals surface area contributed by atoms with Gasteiger partial charge in [-0.2, -0.15) is 0 Å². The van der Waals surface area contributed by atoms with Crippen molar-refractivity contribution < 1.29 is 28.4 Å². The Morgan fingerprint density at radius 3 is 2.79 bits per heavy atom. The number of aliphatic hydroxyl groups is 1. The molecule has 2 aromatic rings. The van der Waals surface area contributed by atoms with E-state index in [1.54, 1.807) is 17.0 Å². The molecule has 1 fully saturated rings. The van der Waals surface area contributed by atoms with E-state index in [4.69, 9.17) is 19.2 Å². The van der Waals surface area contributed by atoms with Gasteiger partial charge in [0.1, 0.15) is 25.3 Å². The molecular weight excluding hydrogens is 383 g/mol. The molecule has 1 unspecified atom stereocenters. The zero-order valence-corrected chi connectivity index (χ0v) is 15.7. The summed E-state index contributed by atoms with van der Waals surface area (Å²) in [5.41, 5.74) is 1.79. The lowest BCUT2D eigenvalue weighted by atomic mass is 10.0. The molecule has 0 aliphatic carbocycles. The number of piperazine rings is 1. The van der Waals surface area contributed by atoms with E-state index in [9.17, 15) is 9.18 Å². The van der Waals surface area contributed by atoms with Crippen LogP contribution < -0.4 is 9.64 Å². The molecule has 1 saturated heterocycles. The maximum Gasteiger partial charge on any atom is 0.254 e. The Bertz CT molecular complexity index is 881. The molecule has 10 heteroatoms. The summed E-state index contributed by atoms with van der Waals surface area (Å²) in [7, 11) is 0. The van der Waals surface area contributed by atoms with Crippen LogP contribution in [0, 0.1) is 5.82 Å². The Labute approximate surface area is 166 Å². The van der Waals surface area contributed by atoms with Crippen LogP contribution in [-0.4, -0.2) is 72.3 Å². The molecule has 2 aliphatic heterocycles. The third-order valence-corrected chi connectivity index (χ3v) is 4.95. The standard InChI is InChI=1S/C19H21FN4O5/c20-15-9-13(16-10-14(29-21-16)12-27-18-3-8-28-22-18)1-2-17(15)23-4-6-24(7-5-23)19(26)11-25/h1-3,8-9,14,25H,4-7,10-12H2. The zero-order valence-electron chi connectivity index (χ0n) is 15.7. The first-order valence-corrected chi connectivity index (χ1v) is 9.33. The predicted molar refractivity (Wildman–Crippen MR) is 100 cm³/mol. The first-order chi connectivity index (χ1) is 14.1. The van der Waals surface area contributed by atoms with Gasteiger partial charge >= 0.3 is 0 Å². The van der Waals surface area contributed by atoms with E-state index in [0.717, 1.165) is 0 Å². The van der Waals surface area contributed by atoms with E-state index >= 15 is 0 Å². The highest BCUT2D eigenvalue weighted by Gasteiger charge is 2.26. The summed E-state index contributed by atoms with van der Waals surface area (Å²) >= 11 is 0. The van der Waals surface area contributed by atoms with Gasteiger partial charge < -0.3 is 29.0 Å². The first-order valence-electron chi connectivity index (χ1n) is 9.33. The molecule has 1 amide bonds. The molecule has 1 N–H and O–H groups in total. The predicted octanol–water partition coefficient (Wildman–Crippen LogP) is 1.03. The number of oxime groups is 1. The molecule has 1 aromatic carbocycles. The summed E-state index contributed by atoms with van der Waals surface area (Å²) < 4.78 is 24.9. The first kappa shape index (κ1) is 19.2. The fourth-order valence-corrected chi connectivity index (χ4v) is 3.38. The van der Waals surface area contributed by atoms with Crippen molar-refractivity contribution in [2.24, 2.45) is 5.16 Å². The van der Waals surface area contributed by atoms with Crippen molar-refractivity contribution >= 4 is 17.3 Å². The number of anilines is 1. The van der Waals surface area contributed by atoms with Crippen LogP contribution in [0.15, 0.2) is 40.2 Å². The number of nitrogens with zero attached hydrogens (tertiary/aromatic N) is 4. The smallest absolute Gasteiger partial charge is 0.254 e. The van der Waals surface area contributed by atoms with Crippen molar-refractivity contribution in [2.75, 3.05) is 44.3 Å². The lowest BCUT2D eigenvalue weighted by Gasteiger charge is -2.36. The summed E-state index contributed by atoms with van der Waals surface area (Å²) in [4.78, 5) is 20.4. The molecule has 1 atom stereocenters. The summed E-state index contributed by atoms with van der Waals surface area (Å²) in [6.07, 6.45) is 1.64. The van der Waals surface area contributed by atoms with E-state index in [-0.39, 0.29) is 24.4 Å². The van der Waals surface area contributed by atoms with Gasteiger partial charge in [-0.05, 0) is 17.3 Å². The topological polar surface area (TPSA) is 101 Å². The monoisotopic (exact) mass is 404 g/mol. The van der Waals surface area contributed by atoms with Crippen LogP contribution in [0.3, 0.4) is 0 Å². The number of halogens is 1. The third-order valence-electron chi connectivity index (χ3n) is 4.95. The maximum absolute atomic E-state index is 14.7. The zero-order chi connectivity index (χ0) is 20.2. The molecule has 0 radical (unpaired) electrons. The lowest BCUT2D eigenvalue weighted by Crippen LogP contribution is -2.49. The third kappa shape index (κ3) is 4.32. The van der Waals surface area contributed by atoms with E-state index < -0.39 is 6.61 Å². The van der Waals surface area contributed by atoms with E-state index in [0.29, 0.717) is 55.4 Å². The van der Waals surface area contributed by atoms with Gasteiger partial charge in [0.25, 0.3) is 5.88 Å². The highest BCUT2D eigenvalue weighted by molar-refractivity contribution is 6.01. The van der Waals surface area contributed by atoms with Gasteiger partial charge in [-0.1, -0.05) is 11.2 Å². The van der Waals surface area contributed by atoms with Crippen molar-refractivity contribution in [3.63, 3.8) is 0 Å². The Morgan fingerprint density at radius 1 is 1.28 bits per heavy atom. The molecule has 29 heavy (non-hydrogen) atoms. The summed E-state index contributed by atoms with van der Waals surface area (Å²) in [6.45, 7) is 1.68. The van der Waals surface area contributed by atoms with E-state index in [1.165, 1.54) is 12.3 Å². The summed E-state index contributed by atoms with van der Waals surface area (Å²) in [5, 5.41) is 16.7. The van der Waals surface area contributed by atoms with Gasteiger partial charge in [-0.15, -0.1) is 0 Å². The van der Waals surface area contributed by atoms with Crippen LogP contribution in [0.25, 0.3) is 0 Å². The Kier molecular flexibility index (Phi) is 5.61. The molecule has 0 bridgehead atoms. The molecule has 4 rings (SSSR count). The molecule has 1 aromatic heterocycles. The molecule has 9 nitrogen and oxygen atoms in total. The number of ether oxygens (including phenoxy) is 1. The minimum Gasteiger partial charge on any atom is -0.471 e. The fraction of sp³-hybridized carbons (Fsp3) is 0.421. The number of hydrogen-bond donors (Lipinski definition) is 1. The highest BCUT2D eigenvalue weighted by Crippen LogP contribution is 2.25. The lowest BCUT2D eigenvalue weighted by molar-refractivity contribution is -0.134. The molecular formula is C19H21FN4O5. The molecule has 0 saturated carbocycles. The van der Waals surface area contributed by atoms with Crippen LogP contribution >= 0.6 is 0 Å². The van der Waals surface area contributed by atoms with Crippen LogP contribution in [-0.2, 0) is 9.63 Å². The van der Waals surface area contributed by atoms with Crippen molar-refractivity contribution in [2.45, 2.75) is 12.5 Å². The Morgan fingerprint density at radius 2 is 2.10 bits per heavy atom. The number of carbonyl (C=O) groups is 1. The Hall–Kier alpha value is -3.14. The Balaban J connectivity index is 1.34. The van der Waals surface area contributed by atoms with Crippen molar-refractivity contribution in [1.82, 2.24) is 10.1 Å². The van der Waals surface area contributed by atoms with Crippen molar-refractivity contribution in [3.8, 4) is 5.88 Å². The van der Waals surface area contributed by atoms with Gasteiger partial charge in [-0.3, -0.25) is 4.79 Å². The van der Waals surface area contributed by atoms with Gasteiger partial charge in [0.15, 0.2) is 6.10 Å². The summed E-state index contributed by atoms with van der Waals surface area (Å²) in [5.74, 6) is -0.283.